The first-order valence-corrected chi connectivity index (χ1v) is 6.06. The Morgan fingerprint density at radius 1 is 1.56 bits per heavy atom. The van der Waals surface area contributed by atoms with E-state index in [0.717, 1.165) is 6.42 Å². The van der Waals surface area contributed by atoms with Gasteiger partial charge in [-0.25, -0.2) is 9.18 Å². The number of anilines is 1. The van der Waals surface area contributed by atoms with E-state index in [4.69, 9.17) is 0 Å². The lowest BCUT2D eigenvalue weighted by Gasteiger charge is -2.34. The highest BCUT2D eigenvalue weighted by Gasteiger charge is 2.27. The van der Waals surface area contributed by atoms with Crippen molar-refractivity contribution in [2.45, 2.75) is 19.4 Å². The number of rotatable bonds is 1. The molecule has 2 rings (SSSR count). The molecule has 0 saturated carbocycles. The normalized spacial score (nSPS) is 23.8. The van der Waals surface area contributed by atoms with Gasteiger partial charge in [0.15, 0.2) is 0 Å². The van der Waals surface area contributed by atoms with Crippen LogP contribution in [0.25, 0.3) is 0 Å². The van der Waals surface area contributed by atoms with E-state index < -0.39 is 6.10 Å². The van der Waals surface area contributed by atoms with Crippen molar-refractivity contribution in [2.75, 3.05) is 18.4 Å². The van der Waals surface area contributed by atoms with Gasteiger partial charge in [-0.2, -0.15) is 0 Å². The molecule has 2 N–H and O–H groups in total. The number of nitrogens with zero attached hydrogens (tertiary/aromatic N) is 1. The maximum absolute atomic E-state index is 13.0. The van der Waals surface area contributed by atoms with Crippen LogP contribution >= 0.6 is 0 Å². The number of halogens is 1. The van der Waals surface area contributed by atoms with Crippen LogP contribution in [0.15, 0.2) is 24.3 Å². The van der Waals surface area contributed by atoms with Crippen molar-refractivity contribution in [1.82, 2.24) is 4.90 Å². The number of benzene rings is 1. The molecule has 2 unspecified atom stereocenters. The highest BCUT2D eigenvalue weighted by molar-refractivity contribution is 5.89. The maximum atomic E-state index is 13.0. The molecule has 1 aromatic carbocycles. The van der Waals surface area contributed by atoms with Gasteiger partial charge in [0.25, 0.3) is 0 Å². The lowest BCUT2D eigenvalue weighted by atomic mass is 9.96. The fourth-order valence-corrected chi connectivity index (χ4v) is 2.00. The highest BCUT2D eigenvalue weighted by Crippen LogP contribution is 2.18. The smallest absolute Gasteiger partial charge is 0.321 e. The van der Waals surface area contributed by atoms with Crippen molar-refractivity contribution < 1.29 is 14.3 Å². The van der Waals surface area contributed by atoms with Crippen molar-refractivity contribution in [3.05, 3.63) is 30.1 Å². The second-order valence-electron chi connectivity index (χ2n) is 4.72. The summed E-state index contributed by atoms with van der Waals surface area (Å²) in [5.74, 6) is -0.177. The second kappa shape index (κ2) is 5.35. The van der Waals surface area contributed by atoms with Crippen LogP contribution in [0.4, 0.5) is 14.9 Å². The molecule has 4 nitrogen and oxygen atoms in total. The number of hydrogen-bond donors (Lipinski definition) is 2. The number of β-amino-alcohol motifs (C(OH)–C–C–N with tert-alkyl or cyclic N) is 1. The lowest BCUT2D eigenvalue weighted by Crippen LogP contribution is -2.47. The first-order valence-electron chi connectivity index (χ1n) is 6.06. The topological polar surface area (TPSA) is 52.6 Å². The number of carbonyl (C=O) groups is 1. The van der Waals surface area contributed by atoms with Gasteiger partial charge in [0, 0.05) is 18.8 Å². The molecule has 1 fully saturated rings. The average molecular weight is 252 g/mol. The van der Waals surface area contributed by atoms with Crippen molar-refractivity contribution in [3.63, 3.8) is 0 Å². The van der Waals surface area contributed by atoms with Gasteiger partial charge in [-0.15, -0.1) is 0 Å². The van der Waals surface area contributed by atoms with E-state index in [1.54, 1.807) is 11.0 Å². The van der Waals surface area contributed by atoms with Gasteiger partial charge in [-0.05, 0) is 30.5 Å². The zero-order chi connectivity index (χ0) is 13.1. The number of urea groups is 1. The Kier molecular flexibility index (Phi) is 3.81. The van der Waals surface area contributed by atoms with Crippen molar-refractivity contribution >= 4 is 11.7 Å². The van der Waals surface area contributed by atoms with Crippen LogP contribution in [0, 0.1) is 11.7 Å². The minimum absolute atomic E-state index is 0.211. The maximum Gasteiger partial charge on any atom is 0.321 e. The summed E-state index contributed by atoms with van der Waals surface area (Å²) in [7, 11) is 0. The highest BCUT2D eigenvalue weighted by atomic mass is 19.1. The van der Waals surface area contributed by atoms with Crippen molar-refractivity contribution in [2.24, 2.45) is 5.92 Å². The van der Waals surface area contributed by atoms with Crippen LogP contribution in [0.2, 0.25) is 0 Å². The molecule has 0 radical (unpaired) electrons. The fourth-order valence-electron chi connectivity index (χ4n) is 2.00. The van der Waals surface area contributed by atoms with Crippen molar-refractivity contribution in [1.29, 1.82) is 0 Å². The SMILES string of the molecule is CC1CCN(C(=O)Nc2cccc(F)c2)CC1O. The number of aliphatic hydroxyl groups excluding tert-OH is 1. The standard InChI is InChI=1S/C13H17FN2O2/c1-9-5-6-16(8-12(9)17)13(18)15-11-4-2-3-10(14)7-11/h2-4,7,9,12,17H,5-6,8H2,1H3,(H,15,18). The molecule has 2 amide bonds. The molecular formula is C13H17FN2O2. The monoisotopic (exact) mass is 252 g/mol. The zero-order valence-corrected chi connectivity index (χ0v) is 10.3. The van der Waals surface area contributed by atoms with Crippen LogP contribution in [-0.2, 0) is 0 Å². The third-order valence-electron chi connectivity index (χ3n) is 3.28. The Morgan fingerprint density at radius 3 is 3.00 bits per heavy atom. The molecule has 1 aliphatic rings. The quantitative estimate of drug-likeness (QED) is 0.803. The number of carbonyl (C=O) groups excluding carboxylic acids is 1. The Balaban J connectivity index is 1.96. The predicted octanol–water partition coefficient (Wildman–Crippen LogP) is 2.06. The Bertz CT molecular complexity index is 439. The molecule has 18 heavy (non-hydrogen) atoms. The summed E-state index contributed by atoms with van der Waals surface area (Å²) in [6.45, 7) is 2.90. The summed E-state index contributed by atoms with van der Waals surface area (Å²) in [5, 5.41) is 12.3. The molecule has 1 aromatic rings. The molecule has 1 saturated heterocycles. The number of piperidine rings is 1. The third kappa shape index (κ3) is 2.98. The van der Waals surface area contributed by atoms with E-state index in [1.165, 1.54) is 18.2 Å². The van der Waals surface area contributed by atoms with Gasteiger partial charge >= 0.3 is 6.03 Å². The molecule has 0 spiro atoms. The molecular weight excluding hydrogens is 235 g/mol. The van der Waals surface area contributed by atoms with Gasteiger partial charge in [0.05, 0.1) is 6.10 Å². The molecule has 98 valence electrons. The Hall–Kier alpha value is -1.62. The van der Waals surface area contributed by atoms with Crippen LogP contribution in [0.5, 0.6) is 0 Å². The summed E-state index contributed by atoms with van der Waals surface area (Å²) >= 11 is 0. The molecule has 0 aliphatic carbocycles. The van der Waals surface area contributed by atoms with Crippen LogP contribution in [0.1, 0.15) is 13.3 Å². The van der Waals surface area contributed by atoms with E-state index in [1.807, 2.05) is 6.92 Å². The van der Waals surface area contributed by atoms with E-state index in [2.05, 4.69) is 5.32 Å². The minimum Gasteiger partial charge on any atom is -0.391 e. The Labute approximate surface area is 105 Å². The lowest BCUT2D eigenvalue weighted by molar-refractivity contribution is 0.0464. The number of hydrogen-bond acceptors (Lipinski definition) is 2. The number of aliphatic hydroxyl groups is 1. The van der Waals surface area contributed by atoms with Crippen LogP contribution in [-0.4, -0.2) is 35.2 Å². The van der Waals surface area contributed by atoms with Gasteiger partial charge in [-0.1, -0.05) is 13.0 Å². The first-order chi connectivity index (χ1) is 8.56. The van der Waals surface area contributed by atoms with E-state index in [0.29, 0.717) is 18.8 Å². The Morgan fingerprint density at radius 2 is 2.33 bits per heavy atom. The van der Waals surface area contributed by atoms with E-state index in [9.17, 15) is 14.3 Å². The van der Waals surface area contributed by atoms with Crippen molar-refractivity contribution in [3.8, 4) is 0 Å². The third-order valence-corrected chi connectivity index (χ3v) is 3.28. The van der Waals surface area contributed by atoms with Crippen LogP contribution < -0.4 is 5.32 Å². The first kappa shape index (κ1) is 12.8. The minimum atomic E-state index is -0.489. The van der Waals surface area contributed by atoms with Crippen LogP contribution in [0.3, 0.4) is 0 Å². The zero-order valence-electron chi connectivity index (χ0n) is 10.3. The molecule has 0 bridgehead atoms. The van der Waals surface area contributed by atoms with Gasteiger partial charge < -0.3 is 15.3 Å². The fraction of sp³-hybridized carbons (Fsp3) is 0.462. The summed E-state index contributed by atoms with van der Waals surface area (Å²) in [6.07, 6.45) is 0.287. The molecule has 1 aliphatic heterocycles. The van der Waals surface area contributed by atoms with Gasteiger partial charge in [0.1, 0.15) is 5.82 Å². The molecule has 2 atom stereocenters. The predicted molar refractivity (Wildman–Crippen MR) is 66.8 cm³/mol. The summed E-state index contributed by atoms with van der Waals surface area (Å²) in [6, 6.07) is 5.46. The summed E-state index contributed by atoms with van der Waals surface area (Å²) in [4.78, 5) is 13.5. The largest absolute Gasteiger partial charge is 0.391 e. The molecule has 5 heteroatoms. The van der Waals surface area contributed by atoms with Gasteiger partial charge in [0.2, 0.25) is 0 Å². The molecule has 1 heterocycles. The summed E-state index contributed by atoms with van der Waals surface area (Å²) < 4.78 is 13.0. The molecule has 0 aromatic heterocycles. The van der Waals surface area contributed by atoms with E-state index in [-0.39, 0.29) is 17.8 Å². The number of amides is 2. The van der Waals surface area contributed by atoms with E-state index >= 15 is 0 Å². The average Bonchev–Trinajstić information content (AvgIpc) is 2.32. The summed E-state index contributed by atoms with van der Waals surface area (Å²) in [5.41, 5.74) is 0.424. The number of nitrogens with one attached hydrogen (secondary N) is 1. The second-order valence-corrected chi connectivity index (χ2v) is 4.72. The van der Waals surface area contributed by atoms with Gasteiger partial charge in [-0.3, -0.25) is 0 Å². The number of likely N-dealkylation sites (tertiary alicyclic amines) is 1.